The first-order valence-electron chi connectivity index (χ1n) is 11.4. The summed E-state index contributed by atoms with van der Waals surface area (Å²) in [4.78, 5) is 28.4. The van der Waals surface area contributed by atoms with Crippen LogP contribution in [0.3, 0.4) is 0 Å². The molecule has 0 atom stereocenters. The molecule has 0 spiro atoms. The smallest absolute Gasteiger partial charge is 0.409 e. The average Bonchev–Trinajstić information content (AvgIpc) is 2.85. The molecule has 0 aromatic heterocycles. The van der Waals surface area contributed by atoms with Crippen LogP contribution in [0.2, 0.25) is 5.02 Å². The minimum Gasteiger partial charge on any atom is -0.494 e. The van der Waals surface area contributed by atoms with Crippen molar-refractivity contribution in [3.05, 3.63) is 58.6 Å². The third kappa shape index (κ3) is 6.45. The van der Waals surface area contributed by atoms with E-state index in [0.29, 0.717) is 61.3 Å². The molecule has 1 aliphatic heterocycles. The second-order valence-electron chi connectivity index (χ2n) is 7.95. The summed E-state index contributed by atoms with van der Waals surface area (Å²) in [5, 5.41) is 0.444. The van der Waals surface area contributed by atoms with E-state index in [2.05, 4.69) is 0 Å². The van der Waals surface area contributed by atoms with Crippen LogP contribution in [-0.2, 0) is 21.3 Å². The second kappa shape index (κ2) is 11.7. The summed E-state index contributed by atoms with van der Waals surface area (Å²) >= 11 is 5.89. The predicted molar refractivity (Wildman–Crippen MR) is 132 cm³/mol. The van der Waals surface area contributed by atoms with Crippen LogP contribution in [0, 0.1) is 0 Å². The Bertz CT molecular complexity index is 1150. The SMILES string of the molecule is CCOC(=O)N1CCN(C(=O)c2ccc(OCC)c(CN(C)S(=O)(=O)c3ccc(Cl)cc3)c2)CC1. The van der Waals surface area contributed by atoms with Crippen molar-refractivity contribution in [2.24, 2.45) is 0 Å². The minimum atomic E-state index is -3.78. The summed E-state index contributed by atoms with van der Waals surface area (Å²) < 4.78 is 38.0. The van der Waals surface area contributed by atoms with E-state index in [1.54, 1.807) is 34.9 Å². The van der Waals surface area contributed by atoms with E-state index in [1.807, 2.05) is 6.92 Å². The van der Waals surface area contributed by atoms with Gasteiger partial charge in [0.15, 0.2) is 0 Å². The maximum absolute atomic E-state index is 13.2. The third-order valence-corrected chi connectivity index (χ3v) is 7.68. The quantitative estimate of drug-likeness (QED) is 0.525. The number of ether oxygens (including phenoxy) is 2. The number of halogens is 1. The van der Waals surface area contributed by atoms with Gasteiger partial charge in [-0.2, -0.15) is 4.31 Å². The van der Waals surface area contributed by atoms with Crippen molar-refractivity contribution < 1.29 is 27.5 Å². The summed E-state index contributed by atoms with van der Waals surface area (Å²) in [7, 11) is -2.31. The average molecular weight is 524 g/mol. The van der Waals surface area contributed by atoms with E-state index < -0.39 is 10.0 Å². The molecule has 0 bridgehead atoms. The monoisotopic (exact) mass is 523 g/mol. The summed E-state index contributed by atoms with van der Waals surface area (Å²) in [6, 6.07) is 11.0. The molecule has 1 fully saturated rings. The Hall–Kier alpha value is -2.82. The highest BCUT2D eigenvalue weighted by Gasteiger charge is 2.27. The summed E-state index contributed by atoms with van der Waals surface area (Å²) in [6.07, 6.45) is -0.382. The van der Waals surface area contributed by atoms with Crippen LogP contribution in [0.25, 0.3) is 0 Å². The molecule has 9 nitrogen and oxygen atoms in total. The molecule has 1 heterocycles. The molecule has 0 unspecified atom stereocenters. The number of sulfonamides is 1. The highest BCUT2D eigenvalue weighted by Crippen LogP contribution is 2.26. The van der Waals surface area contributed by atoms with Crippen molar-refractivity contribution in [2.75, 3.05) is 46.4 Å². The molecule has 3 rings (SSSR count). The fourth-order valence-corrected chi connectivity index (χ4v) is 5.01. The maximum Gasteiger partial charge on any atom is 0.409 e. The number of nitrogens with zero attached hydrogens (tertiary/aromatic N) is 3. The Balaban J connectivity index is 1.77. The zero-order valence-electron chi connectivity index (χ0n) is 20.1. The van der Waals surface area contributed by atoms with E-state index >= 15 is 0 Å². The van der Waals surface area contributed by atoms with Crippen molar-refractivity contribution in [1.82, 2.24) is 14.1 Å². The van der Waals surface area contributed by atoms with Crippen molar-refractivity contribution in [2.45, 2.75) is 25.3 Å². The highest BCUT2D eigenvalue weighted by molar-refractivity contribution is 7.89. The molecule has 1 saturated heterocycles. The summed E-state index contributed by atoms with van der Waals surface area (Å²) in [5.74, 6) is 0.315. The number of hydrogen-bond donors (Lipinski definition) is 0. The lowest BCUT2D eigenvalue weighted by atomic mass is 10.1. The molecule has 1 aliphatic rings. The van der Waals surface area contributed by atoms with Crippen LogP contribution < -0.4 is 4.74 Å². The van der Waals surface area contributed by atoms with E-state index in [4.69, 9.17) is 21.1 Å². The molecule has 0 saturated carbocycles. The van der Waals surface area contributed by atoms with Gasteiger partial charge in [-0.25, -0.2) is 13.2 Å². The molecular weight excluding hydrogens is 494 g/mol. The molecule has 2 aromatic carbocycles. The van der Waals surface area contributed by atoms with Crippen LogP contribution in [0.5, 0.6) is 5.75 Å². The van der Waals surface area contributed by atoms with Gasteiger partial charge in [-0.15, -0.1) is 0 Å². The number of carbonyl (C=O) groups is 2. The third-order valence-electron chi connectivity index (χ3n) is 5.61. The first kappa shape index (κ1) is 26.8. The number of carbonyl (C=O) groups excluding carboxylic acids is 2. The lowest BCUT2D eigenvalue weighted by Crippen LogP contribution is -2.50. The van der Waals surface area contributed by atoms with Gasteiger partial charge in [-0.1, -0.05) is 11.6 Å². The van der Waals surface area contributed by atoms with Crippen LogP contribution in [0.4, 0.5) is 4.79 Å². The van der Waals surface area contributed by atoms with Crippen LogP contribution in [-0.4, -0.2) is 81.0 Å². The Kier molecular flexibility index (Phi) is 8.98. The van der Waals surface area contributed by atoms with Crippen LogP contribution in [0.15, 0.2) is 47.4 Å². The fraction of sp³-hybridized carbons (Fsp3) is 0.417. The van der Waals surface area contributed by atoms with Gasteiger partial charge >= 0.3 is 6.09 Å². The van der Waals surface area contributed by atoms with E-state index in [0.717, 1.165) is 0 Å². The van der Waals surface area contributed by atoms with Gasteiger partial charge in [0, 0.05) is 55.9 Å². The molecule has 0 radical (unpaired) electrons. The van der Waals surface area contributed by atoms with Gasteiger partial charge < -0.3 is 19.3 Å². The first-order valence-corrected chi connectivity index (χ1v) is 13.2. The zero-order valence-corrected chi connectivity index (χ0v) is 21.6. The van der Waals surface area contributed by atoms with Gasteiger partial charge in [-0.3, -0.25) is 4.79 Å². The van der Waals surface area contributed by atoms with Gasteiger partial charge in [0.2, 0.25) is 10.0 Å². The largest absolute Gasteiger partial charge is 0.494 e. The predicted octanol–water partition coefficient (Wildman–Crippen LogP) is 3.47. The fourth-order valence-electron chi connectivity index (χ4n) is 3.73. The molecule has 11 heteroatoms. The van der Waals surface area contributed by atoms with Crippen molar-refractivity contribution in [3.8, 4) is 5.75 Å². The molecule has 0 aliphatic carbocycles. The lowest BCUT2D eigenvalue weighted by molar-refractivity contribution is 0.0570. The molecule has 2 amide bonds. The number of piperazine rings is 1. The topological polar surface area (TPSA) is 96.5 Å². The first-order chi connectivity index (χ1) is 16.7. The van der Waals surface area contributed by atoms with Crippen molar-refractivity contribution >= 4 is 33.6 Å². The Morgan fingerprint density at radius 2 is 1.60 bits per heavy atom. The molecule has 0 N–H and O–H groups in total. The lowest BCUT2D eigenvalue weighted by Gasteiger charge is -2.34. The van der Waals surface area contributed by atoms with Crippen molar-refractivity contribution in [1.29, 1.82) is 0 Å². The second-order valence-corrected chi connectivity index (χ2v) is 10.4. The highest BCUT2D eigenvalue weighted by atomic mass is 35.5. The number of amides is 2. The Morgan fingerprint density at radius 3 is 2.20 bits per heavy atom. The molecule has 190 valence electrons. The van der Waals surface area contributed by atoms with E-state index in [9.17, 15) is 18.0 Å². The zero-order chi connectivity index (χ0) is 25.6. The van der Waals surface area contributed by atoms with Crippen LogP contribution >= 0.6 is 11.6 Å². The number of hydrogen-bond acceptors (Lipinski definition) is 6. The summed E-state index contributed by atoms with van der Waals surface area (Å²) in [6.45, 7) is 5.82. The molecule has 2 aromatic rings. The molecular formula is C24H30ClN3O6S. The number of rotatable bonds is 8. The van der Waals surface area contributed by atoms with Gasteiger partial charge in [0.05, 0.1) is 18.1 Å². The normalized spacial score (nSPS) is 14.2. The van der Waals surface area contributed by atoms with Crippen LogP contribution in [0.1, 0.15) is 29.8 Å². The molecule has 35 heavy (non-hydrogen) atoms. The minimum absolute atomic E-state index is 0.0120. The summed E-state index contributed by atoms with van der Waals surface area (Å²) in [5.41, 5.74) is 0.994. The Labute approximate surface area is 211 Å². The van der Waals surface area contributed by atoms with Gasteiger partial charge in [-0.05, 0) is 56.3 Å². The Morgan fingerprint density at radius 1 is 0.971 bits per heavy atom. The van der Waals surface area contributed by atoms with E-state index in [-0.39, 0.29) is 23.4 Å². The number of benzene rings is 2. The van der Waals surface area contributed by atoms with Gasteiger partial charge in [0.25, 0.3) is 5.91 Å². The maximum atomic E-state index is 13.2. The standard InChI is InChI=1S/C24H30ClN3O6S/c1-4-33-22-11-6-18(23(29)27-12-14-28(15-13-27)24(30)34-5-2)16-19(22)17-26(3)35(31,32)21-9-7-20(25)8-10-21/h6-11,16H,4-5,12-15,17H2,1-3H3. The van der Waals surface area contributed by atoms with Gasteiger partial charge in [0.1, 0.15) is 5.75 Å². The van der Waals surface area contributed by atoms with Crippen molar-refractivity contribution in [3.63, 3.8) is 0 Å². The van der Waals surface area contributed by atoms with E-state index in [1.165, 1.54) is 35.6 Å².